The quantitative estimate of drug-likeness (QED) is 0.845. The number of carbonyl (C=O) groups is 2. The van der Waals surface area contributed by atoms with Gasteiger partial charge in [-0.3, -0.25) is 4.79 Å². The van der Waals surface area contributed by atoms with Crippen molar-refractivity contribution in [3.05, 3.63) is 0 Å². The molecule has 1 unspecified atom stereocenters. The lowest BCUT2D eigenvalue weighted by Gasteiger charge is -2.30. The van der Waals surface area contributed by atoms with E-state index in [1.807, 2.05) is 23.6 Å². The van der Waals surface area contributed by atoms with Crippen molar-refractivity contribution < 1.29 is 14.7 Å². The summed E-state index contributed by atoms with van der Waals surface area (Å²) in [5, 5.41) is 8.91. The molecule has 0 spiro atoms. The molecule has 1 rings (SSSR count). The number of rotatable bonds is 4. The molecule has 2 amide bonds. The molecule has 0 aromatic rings. The van der Waals surface area contributed by atoms with E-state index in [1.54, 1.807) is 11.8 Å². The molecular weight excluding hydrogens is 252 g/mol. The number of hydrogen-bond donors (Lipinski definition) is 1. The summed E-state index contributed by atoms with van der Waals surface area (Å²) in [7, 11) is 0. The van der Waals surface area contributed by atoms with Crippen molar-refractivity contribution in [1.29, 1.82) is 0 Å². The second kappa shape index (κ2) is 7.51. The van der Waals surface area contributed by atoms with Gasteiger partial charge in [0.05, 0.1) is 5.92 Å². The van der Waals surface area contributed by atoms with Gasteiger partial charge < -0.3 is 14.9 Å². The summed E-state index contributed by atoms with van der Waals surface area (Å²) in [5.74, 6) is 0.696. The number of hydrogen-bond acceptors (Lipinski definition) is 3. The van der Waals surface area contributed by atoms with Crippen LogP contribution in [0.3, 0.4) is 0 Å². The van der Waals surface area contributed by atoms with E-state index >= 15 is 0 Å². The number of amides is 2. The first-order valence-electron chi connectivity index (χ1n) is 6.40. The SMILES string of the molecule is CCN(CC(C)C(=O)O)C(=O)N1CCCSCC1. The van der Waals surface area contributed by atoms with Crippen LogP contribution in [0.25, 0.3) is 0 Å². The first-order valence-corrected chi connectivity index (χ1v) is 7.56. The minimum Gasteiger partial charge on any atom is -0.481 e. The maximum atomic E-state index is 12.3. The molecule has 1 heterocycles. The Labute approximate surface area is 113 Å². The molecule has 0 aliphatic carbocycles. The van der Waals surface area contributed by atoms with E-state index in [0.717, 1.165) is 31.0 Å². The number of carboxylic acids is 1. The van der Waals surface area contributed by atoms with Crippen LogP contribution in [0.2, 0.25) is 0 Å². The standard InChI is InChI=1S/C12H22N2O3S/c1-3-13(9-10(2)11(15)16)12(17)14-5-4-7-18-8-6-14/h10H,3-9H2,1-2H3,(H,15,16). The predicted octanol–water partition coefficient (Wildman–Crippen LogP) is 1.59. The van der Waals surface area contributed by atoms with Crippen LogP contribution in [0, 0.1) is 5.92 Å². The summed E-state index contributed by atoms with van der Waals surface area (Å²) in [6, 6.07) is -0.0203. The third-order valence-corrected chi connectivity index (χ3v) is 4.11. The van der Waals surface area contributed by atoms with Crippen LogP contribution in [0.5, 0.6) is 0 Å². The highest BCUT2D eigenvalue weighted by Crippen LogP contribution is 2.12. The lowest BCUT2D eigenvalue weighted by atomic mass is 10.2. The van der Waals surface area contributed by atoms with Gasteiger partial charge in [-0.15, -0.1) is 0 Å². The van der Waals surface area contributed by atoms with Gasteiger partial charge in [-0.2, -0.15) is 11.8 Å². The van der Waals surface area contributed by atoms with Crippen molar-refractivity contribution in [2.75, 3.05) is 37.7 Å². The molecule has 1 aliphatic heterocycles. The van der Waals surface area contributed by atoms with Gasteiger partial charge in [0, 0.05) is 31.9 Å². The second-order valence-corrected chi connectivity index (χ2v) is 5.74. The van der Waals surface area contributed by atoms with Gasteiger partial charge in [-0.05, 0) is 19.1 Å². The fourth-order valence-electron chi connectivity index (χ4n) is 1.89. The molecule has 18 heavy (non-hydrogen) atoms. The third-order valence-electron chi connectivity index (χ3n) is 3.06. The van der Waals surface area contributed by atoms with E-state index in [2.05, 4.69) is 0 Å². The molecule has 0 bridgehead atoms. The van der Waals surface area contributed by atoms with E-state index in [-0.39, 0.29) is 12.6 Å². The van der Waals surface area contributed by atoms with E-state index < -0.39 is 11.9 Å². The normalized spacial score (nSPS) is 18.0. The Kier molecular flexibility index (Phi) is 6.32. The highest BCUT2D eigenvalue weighted by molar-refractivity contribution is 7.99. The maximum Gasteiger partial charge on any atom is 0.320 e. The molecule has 1 atom stereocenters. The smallest absolute Gasteiger partial charge is 0.320 e. The number of carboxylic acid groups (broad SMARTS) is 1. The fourth-order valence-corrected chi connectivity index (χ4v) is 2.78. The number of urea groups is 1. The number of carbonyl (C=O) groups excluding carboxylic acids is 1. The van der Waals surface area contributed by atoms with Gasteiger partial charge >= 0.3 is 12.0 Å². The van der Waals surface area contributed by atoms with Crippen LogP contribution in [0.15, 0.2) is 0 Å². The molecule has 0 aromatic carbocycles. The summed E-state index contributed by atoms with van der Waals surface area (Å²) in [5.41, 5.74) is 0. The van der Waals surface area contributed by atoms with E-state index in [0.29, 0.717) is 6.54 Å². The van der Waals surface area contributed by atoms with Gasteiger partial charge in [0.2, 0.25) is 0 Å². The highest BCUT2D eigenvalue weighted by Gasteiger charge is 2.24. The fraction of sp³-hybridized carbons (Fsp3) is 0.833. The van der Waals surface area contributed by atoms with E-state index in [4.69, 9.17) is 5.11 Å². The average Bonchev–Trinajstić information content (AvgIpc) is 2.63. The van der Waals surface area contributed by atoms with Gasteiger partial charge in [-0.1, -0.05) is 6.92 Å². The number of thioether (sulfide) groups is 1. The van der Waals surface area contributed by atoms with Crippen LogP contribution in [0.1, 0.15) is 20.3 Å². The molecule has 0 radical (unpaired) electrons. The molecule has 0 aromatic heterocycles. The van der Waals surface area contributed by atoms with Crippen molar-refractivity contribution in [2.24, 2.45) is 5.92 Å². The molecule has 1 aliphatic rings. The van der Waals surface area contributed by atoms with E-state index in [9.17, 15) is 9.59 Å². The Balaban J connectivity index is 2.57. The van der Waals surface area contributed by atoms with Crippen LogP contribution < -0.4 is 0 Å². The number of nitrogens with zero attached hydrogens (tertiary/aromatic N) is 2. The summed E-state index contributed by atoms with van der Waals surface area (Å²) in [4.78, 5) is 26.6. The molecule has 6 heteroatoms. The minimum atomic E-state index is -0.854. The largest absolute Gasteiger partial charge is 0.481 e. The van der Waals surface area contributed by atoms with Gasteiger partial charge in [-0.25, -0.2) is 4.79 Å². The summed E-state index contributed by atoms with van der Waals surface area (Å²) in [6.07, 6.45) is 1.02. The Bertz CT molecular complexity index is 291. The van der Waals surface area contributed by atoms with Crippen LogP contribution >= 0.6 is 11.8 Å². The average molecular weight is 274 g/mol. The van der Waals surface area contributed by atoms with Crippen molar-refractivity contribution >= 4 is 23.8 Å². The van der Waals surface area contributed by atoms with Gasteiger partial charge in [0.15, 0.2) is 0 Å². The number of aliphatic carboxylic acids is 1. The summed E-state index contributed by atoms with van der Waals surface area (Å²) < 4.78 is 0. The predicted molar refractivity (Wildman–Crippen MR) is 73.0 cm³/mol. The van der Waals surface area contributed by atoms with Crippen LogP contribution in [-0.4, -0.2) is 64.6 Å². The van der Waals surface area contributed by atoms with Crippen molar-refractivity contribution in [3.63, 3.8) is 0 Å². The van der Waals surface area contributed by atoms with Crippen molar-refractivity contribution in [3.8, 4) is 0 Å². The molecule has 5 nitrogen and oxygen atoms in total. The maximum absolute atomic E-state index is 12.3. The summed E-state index contributed by atoms with van der Waals surface area (Å²) in [6.45, 7) is 5.91. The zero-order valence-electron chi connectivity index (χ0n) is 11.1. The van der Waals surface area contributed by atoms with Crippen LogP contribution in [-0.2, 0) is 4.79 Å². The zero-order chi connectivity index (χ0) is 13.5. The Morgan fingerprint density at radius 3 is 2.72 bits per heavy atom. The Hall–Kier alpha value is -0.910. The second-order valence-electron chi connectivity index (χ2n) is 4.51. The zero-order valence-corrected chi connectivity index (χ0v) is 11.9. The Morgan fingerprint density at radius 1 is 1.39 bits per heavy atom. The summed E-state index contributed by atoms with van der Waals surface area (Å²) >= 11 is 1.87. The van der Waals surface area contributed by atoms with Gasteiger partial charge in [0.25, 0.3) is 0 Å². The van der Waals surface area contributed by atoms with Gasteiger partial charge in [0.1, 0.15) is 0 Å². The monoisotopic (exact) mass is 274 g/mol. The minimum absolute atomic E-state index is 0.0203. The molecule has 1 saturated heterocycles. The molecule has 1 N–H and O–H groups in total. The molecule has 1 fully saturated rings. The van der Waals surface area contributed by atoms with Crippen molar-refractivity contribution in [1.82, 2.24) is 9.80 Å². The first kappa shape index (κ1) is 15.1. The molecule has 0 saturated carbocycles. The first-order chi connectivity index (χ1) is 8.56. The topological polar surface area (TPSA) is 60.9 Å². The third kappa shape index (κ3) is 4.40. The Morgan fingerprint density at radius 2 is 2.11 bits per heavy atom. The lowest BCUT2D eigenvalue weighted by molar-refractivity contribution is -0.141. The molecule has 104 valence electrons. The van der Waals surface area contributed by atoms with E-state index in [1.165, 1.54) is 0 Å². The lowest BCUT2D eigenvalue weighted by Crippen LogP contribution is -2.46. The molecular formula is C12H22N2O3S. The van der Waals surface area contributed by atoms with Crippen molar-refractivity contribution in [2.45, 2.75) is 20.3 Å². The van der Waals surface area contributed by atoms with Crippen LogP contribution in [0.4, 0.5) is 4.79 Å². The highest BCUT2D eigenvalue weighted by atomic mass is 32.2.